The molecule has 0 aliphatic carbocycles. The molecule has 0 saturated carbocycles. The van der Waals surface area contributed by atoms with E-state index in [1.165, 1.54) is 4.31 Å². The molecule has 7 nitrogen and oxygen atoms in total. The number of hydrogen-bond acceptors (Lipinski definition) is 4. The number of benzene rings is 1. The maximum absolute atomic E-state index is 13.2. The van der Waals surface area contributed by atoms with Crippen molar-refractivity contribution < 1.29 is 17.9 Å². The lowest BCUT2D eigenvalue weighted by Crippen LogP contribution is -2.47. The van der Waals surface area contributed by atoms with E-state index in [-0.39, 0.29) is 22.9 Å². The van der Waals surface area contributed by atoms with Gasteiger partial charge in [0.05, 0.1) is 6.04 Å². The predicted octanol–water partition coefficient (Wildman–Crippen LogP) is 2.09. The number of aromatic amines is 1. The highest BCUT2D eigenvalue weighted by molar-refractivity contribution is 7.89. The van der Waals surface area contributed by atoms with Crippen LogP contribution in [-0.4, -0.2) is 60.3 Å². The number of nitrogens with one attached hydrogen (secondary N) is 1. The zero-order chi connectivity index (χ0) is 19.0. The third-order valence-electron chi connectivity index (χ3n) is 5.32. The molecule has 1 N–H and O–H groups in total. The van der Waals surface area contributed by atoms with Crippen molar-refractivity contribution in [3.63, 3.8) is 0 Å². The van der Waals surface area contributed by atoms with E-state index in [1.807, 2.05) is 6.92 Å². The van der Waals surface area contributed by atoms with Gasteiger partial charge in [-0.05, 0) is 30.7 Å². The predicted molar refractivity (Wildman–Crippen MR) is 100 cm³/mol. The molecule has 144 valence electrons. The minimum absolute atomic E-state index is 0.0669. The number of sulfonamides is 1. The number of fused-ring (bicyclic) bond motifs is 2. The van der Waals surface area contributed by atoms with Crippen LogP contribution in [0.15, 0.2) is 47.5 Å². The van der Waals surface area contributed by atoms with E-state index in [4.69, 9.17) is 4.74 Å². The molecular weight excluding hydrogens is 366 g/mol. The van der Waals surface area contributed by atoms with Gasteiger partial charge < -0.3 is 14.6 Å². The van der Waals surface area contributed by atoms with E-state index in [9.17, 15) is 13.2 Å². The molecule has 0 radical (unpaired) electrons. The maximum atomic E-state index is 13.2. The van der Waals surface area contributed by atoms with Crippen LogP contribution in [0.25, 0.3) is 0 Å². The fourth-order valence-electron chi connectivity index (χ4n) is 4.00. The Kier molecular flexibility index (Phi) is 4.69. The number of carbonyl (C=O) groups is 1. The van der Waals surface area contributed by atoms with Crippen LogP contribution in [0.5, 0.6) is 5.75 Å². The first kappa shape index (κ1) is 18.1. The van der Waals surface area contributed by atoms with E-state index in [0.29, 0.717) is 43.9 Å². The van der Waals surface area contributed by atoms with Crippen molar-refractivity contribution in [3.05, 3.63) is 48.3 Å². The van der Waals surface area contributed by atoms with Crippen molar-refractivity contribution in [2.45, 2.75) is 36.8 Å². The van der Waals surface area contributed by atoms with Gasteiger partial charge in [-0.25, -0.2) is 8.42 Å². The van der Waals surface area contributed by atoms with Crippen LogP contribution in [0.3, 0.4) is 0 Å². The van der Waals surface area contributed by atoms with Crippen molar-refractivity contribution >= 4 is 15.9 Å². The summed E-state index contributed by atoms with van der Waals surface area (Å²) in [5.74, 6) is 0.329. The summed E-state index contributed by atoms with van der Waals surface area (Å²) in [6.07, 6.45) is 2.56. The molecule has 1 aromatic carbocycles. The van der Waals surface area contributed by atoms with Gasteiger partial charge in [0.2, 0.25) is 10.0 Å². The standard InChI is InChI=1S/C19H23N3O4S/c1-2-22-15-9-12-21(19(23)14-6-5-11-20-14)13-10-16(15)26-17-7-3-4-8-18(17)27(22,24)25/h3-8,11,15-16,20H,2,9-10,12-13H2,1H3/t15-,16-/m1/s1. The van der Waals surface area contributed by atoms with Gasteiger partial charge in [-0.1, -0.05) is 19.1 Å². The summed E-state index contributed by atoms with van der Waals surface area (Å²) in [5.41, 5.74) is 0.545. The largest absolute Gasteiger partial charge is 0.487 e. The molecule has 1 amide bonds. The van der Waals surface area contributed by atoms with Gasteiger partial charge in [0.15, 0.2) is 0 Å². The summed E-state index contributed by atoms with van der Waals surface area (Å²) in [5, 5.41) is 0. The average Bonchev–Trinajstić information content (AvgIpc) is 3.09. The summed E-state index contributed by atoms with van der Waals surface area (Å²) >= 11 is 0. The third-order valence-corrected chi connectivity index (χ3v) is 7.36. The van der Waals surface area contributed by atoms with E-state index in [0.717, 1.165) is 0 Å². The molecule has 2 aromatic rings. The Labute approximate surface area is 159 Å². The molecular formula is C19H23N3O4S. The van der Waals surface area contributed by atoms with Crippen molar-refractivity contribution in [2.75, 3.05) is 19.6 Å². The van der Waals surface area contributed by atoms with Crippen LogP contribution in [0, 0.1) is 0 Å². The van der Waals surface area contributed by atoms with Gasteiger partial charge >= 0.3 is 0 Å². The van der Waals surface area contributed by atoms with Gasteiger partial charge in [-0.15, -0.1) is 0 Å². The second-order valence-corrected chi connectivity index (χ2v) is 8.69. The Balaban J connectivity index is 1.65. The van der Waals surface area contributed by atoms with Crippen molar-refractivity contribution in [1.82, 2.24) is 14.2 Å². The minimum atomic E-state index is -3.64. The van der Waals surface area contributed by atoms with Gasteiger partial charge in [0, 0.05) is 32.3 Å². The molecule has 2 aliphatic rings. The number of likely N-dealkylation sites (tertiary alicyclic amines) is 1. The van der Waals surface area contributed by atoms with Crippen LogP contribution >= 0.6 is 0 Å². The number of likely N-dealkylation sites (N-methyl/N-ethyl adjacent to an activating group) is 1. The number of para-hydroxylation sites is 1. The lowest BCUT2D eigenvalue weighted by Gasteiger charge is -2.30. The van der Waals surface area contributed by atoms with Crippen molar-refractivity contribution in [1.29, 1.82) is 0 Å². The summed E-state index contributed by atoms with van der Waals surface area (Å²) < 4.78 is 34.1. The fraction of sp³-hybridized carbons (Fsp3) is 0.421. The molecule has 0 unspecified atom stereocenters. The number of ether oxygens (including phenoxy) is 1. The first-order valence-electron chi connectivity index (χ1n) is 9.22. The van der Waals surface area contributed by atoms with E-state index < -0.39 is 10.0 Å². The first-order valence-corrected chi connectivity index (χ1v) is 10.7. The molecule has 1 saturated heterocycles. The highest BCUT2D eigenvalue weighted by Crippen LogP contribution is 2.36. The number of carbonyl (C=O) groups excluding carboxylic acids is 1. The quantitative estimate of drug-likeness (QED) is 0.853. The van der Waals surface area contributed by atoms with Crippen LogP contribution in [0.4, 0.5) is 0 Å². The van der Waals surface area contributed by atoms with E-state index >= 15 is 0 Å². The molecule has 0 spiro atoms. The summed E-state index contributed by atoms with van der Waals surface area (Å²) in [7, 11) is -3.64. The minimum Gasteiger partial charge on any atom is -0.487 e. The Morgan fingerprint density at radius 3 is 2.70 bits per heavy atom. The molecule has 2 aliphatic heterocycles. The number of H-pyrrole nitrogens is 1. The number of nitrogens with zero attached hydrogens (tertiary/aromatic N) is 2. The average molecular weight is 389 g/mol. The number of amides is 1. The Bertz CT molecular complexity index is 926. The second kappa shape index (κ2) is 7.01. The molecule has 0 bridgehead atoms. The van der Waals surface area contributed by atoms with Crippen LogP contribution in [-0.2, 0) is 10.0 Å². The molecule has 1 aromatic heterocycles. The topological polar surface area (TPSA) is 82.7 Å². The van der Waals surface area contributed by atoms with Crippen molar-refractivity contribution in [3.8, 4) is 5.75 Å². The molecule has 2 atom stereocenters. The van der Waals surface area contributed by atoms with E-state index in [2.05, 4.69) is 4.98 Å². The van der Waals surface area contributed by atoms with Gasteiger partial charge in [0.1, 0.15) is 22.4 Å². The molecule has 27 heavy (non-hydrogen) atoms. The Morgan fingerprint density at radius 1 is 1.19 bits per heavy atom. The summed E-state index contributed by atoms with van der Waals surface area (Å²) in [4.78, 5) is 17.6. The van der Waals surface area contributed by atoms with Gasteiger partial charge in [-0.2, -0.15) is 4.31 Å². The Morgan fingerprint density at radius 2 is 1.96 bits per heavy atom. The van der Waals surface area contributed by atoms with Crippen LogP contribution in [0.1, 0.15) is 30.3 Å². The monoisotopic (exact) mass is 389 g/mol. The fourth-order valence-corrected chi connectivity index (χ4v) is 5.81. The number of rotatable bonds is 2. The molecule has 3 heterocycles. The normalized spacial score (nSPS) is 24.9. The third kappa shape index (κ3) is 3.12. The molecule has 8 heteroatoms. The molecule has 4 rings (SSSR count). The zero-order valence-electron chi connectivity index (χ0n) is 15.2. The number of aromatic nitrogens is 1. The second-order valence-electron chi connectivity index (χ2n) is 6.83. The van der Waals surface area contributed by atoms with Gasteiger partial charge in [-0.3, -0.25) is 4.79 Å². The smallest absolute Gasteiger partial charge is 0.270 e. The van der Waals surface area contributed by atoms with Crippen LogP contribution in [0.2, 0.25) is 0 Å². The lowest BCUT2D eigenvalue weighted by atomic mass is 10.1. The SMILES string of the molecule is CCN1[C@@H]2CCN(C(=O)c3ccc[nH]3)CC[C@H]2Oc2ccccc2S1(=O)=O. The Hall–Kier alpha value is -2.32. The van der Waals surface area contributed by atoms with Gasteiger partial charge in [0.25, 0.3) is 5.91 Å². The highest BCUT2D eigenvalue weighted by Gasteiger charge is 2.43. The van der Waals surface area contributed by atoms with E-state index in [1.54, 1.807) is 47.5 Å². The van der Waals surface area contributed by atoms with Crippen molar-refractivity contribution in [2.24, 2.45) is 0 Å². The lowest BCUT2D eigenvalue weighted by molar-refractivity contribution is 0.0750. The maximum Gasteiger partial charge on any atom is 0.270 e. The summed E-state index contributed by atoms with van der Waals surface area (Å²) in [6.45, 7) is 3.23. The zero-order valence-corrected chi connectivity index (χ0v) is 16.0. The number of hydrogen-bond donors (Lipinski definition) is 1. The summed E-state index contributed by atoms with van der Waals surface area (Å²) in [6, 6.07) is 10.0. The van der Waals surface area contributed by atoms with Crippen LogP contribution < -0.4 is 4.74 Å². The highest BCUT2D eigenvalue weighted by atomic mass is 32.2. The molecule has 1 fully saturated rings. The first-order chi connectivity index (χ1) is 13.0.